The highest BCUT2D eigenvalue weighted by molar-refractivity contribution is 5.81. The van der Waals surface area contributed by atoms with E-state index >= 15 is 0 Å². The van der Waals surface area contributed by atoms with E-state index in [2.05, 4.69) is 10.2 Å². The van der Waals surface area contributed by atoms with Crippen LogP contribution in [0, 0.1) is 0 Å². The van der Waals surface area contributed by atoms with Crippen LogP contribution in [-0.4, -0.2) is 34.5 Å². The molecule has 1 aromatic heterocycles. The summed E-state index contributed by atoms with van der Waals surface area (Å²) >= 11 is 0. The number of carboxylic acid groups (broad SMARTS) is 1. The number of ether oxygens (including phenoxy) is 1. The molecule has 78 valence electrons. The molecule has 0 unspecified atom stereocenters. The molecule has 0 atom stereocenters. The highest BCUT2D eigenvalue weighted by Gasteiger charge is 2.12. The number of hydrogen-bond donors (Lipinski definition) is 1. The lowest BCUT2D eigenvalue weighted by Gasteiger charge is -1.96. The molecule has 0 fully saturated rings. The molecule has 6 heteroatoms. The predicted octanol–water partition coefficient (Wildman–Crippen LogP) is 0.737. The third kappa shape index (κ3) is 3.14. The van der Waals surface area contributed by atoms with E-state index in [1.54, 1.807) is 0 Å². The minimum absolute atomic E-state index is 0.335. The molecule has 0 aliphatic heterocycles. The smallest absolute Gasteiger partial charge is 0.393 e. The zero-order valence-corrected chi connectivity index (χ0v) is 7.89. The largest absolute Gasteiger partial charge is 0.474 e. The summed E-state index contributed by atoms with van der Waals surface area (Å²) in [5, 5.41) is 15.4. The zero-order chi connectivity index (χ0) is 10.4. The predicted molar refractivity (Wildman–Crippen MR) is 46.1 cm³/mol. The lowest BCUT2D eigenvalue weighted by Crippen LogP contribution is -1.96. The van der Waals surface area contributed by atoms with Crippen LogP contribution in [0.5, 0.6) is 0 Å². The molecular weight excluding hydrogens is 188 g/mol. The first-order valence-electron chi connectivity index (χ1n) is 4.37. The molecule has 1 N–H and O–H groups in total. The molecule has 0 spiro atoms. The monoisotopic (exact) mass is 200 g/mol. The van der Waals surface area contributed by atoms with Gasteiger partial charge in [-0.3, -0.25) is 0 Å². The molecule has 0 aromatic carbocycles. The number of aromatic nitrogens is 2. The van der Waals surface area contributed by atoms with Gasteiger partial charge in [0.05, 0.1) is 0 Å². The van der Waals surface area contributed by atoms with Gasteiger partial charge in [0.2, 0.25) is 5.89 Å². The van der Waals surface area contributed by atoms with Crippen molar-refractivity contribution in [2.24, 2.45) is 0 Å². The summed E-state index contributed by atoms with van der Waals surface area (Å²) in [7, 11) is 0. The van der Waals surface area contributed by atoms with Gasteiger partial charge in [-0.1, -0.05) is 0 Å². The molecular formula is C8H12N2O4. The highest BCUT2D eigenvalue weighted by atomic mass is 16.5. The van der Waals surface area contributed by atoms with Gasteiger partial charge in [0.15, 0.2) is 0 Å². The molecule has 14 heavy (non-hydrogen) atoms. The van der Waals surface area contributed by atoms with Gasteiger partial charge in [-0.05, 0) is 13.3 Å². The van der Waals surface area contributed by atoms with E-state index in [4.69, 9.17) is 14.3 Å². The van der Waals surface area contributed by atoms with Gasteiger partial charge in [-0.2, -0.15) is 0 Å². The van der Waals surface area contributed by atoms with Crippen LogP contribution < -0.4 is 0 Å². The topological polar surface area (TPSA) is 85.5 Å². The van der Waals surface area contributed by atoms with E-state index in [0.717, 1.165) is 6.42 Å². The first-order chi connectivity index (χ1) is 6.74. The Balaban J connectivity index is 2.33. The number of rotatable bonds is 6. The van der Waals surface area contributed by atoms with E-state index in [0.29, 0.717) is 25.5 Å². The Morgan fingerprint density at radius 3 is 2.93 bits per heavy atom. The fraction of sp³-hybridized carbons (Fsp3) is 0.625. The average Bonchev–Trinajstić information content (AvgIpc) is 2.61. The van der Waals surface area contributed by atoms with Crippen LogP contribution in [0.15, 0.2) is 4.42 Å². The van der Waals surface area contributed by atoms with E-state index < -0.39 is 5.97 Å². The van der Waals surface area contributed by atoms with Crippen LogP contribution in [0.25, 0.3) is 0 Å². The Kier molecular flexibility index (Phi) is 4.06. The summed E-state index contributed by atoms with van der Waals surface area (Å²) in [6, 6.07) is 0. The van der Waals surface area contributed by atoms with Crippen molar-refractivity contribution in [3.8, 4) is 0 Å². The van der Waals surface area contributed by atoms with Crippen molar-refractivity contribution in [3.05, 3.63) is 11.8 Å². The fourth-order valence-corrected chi connectivity index (χ4v) is 0.911. The normalized spacial score (nSPS) is 10.4. The maximum atomic E-state index is 10.4. The summed E-state index contributed by atoms with van der Waals surface area (Å²) in [5.74, 6) is -1.23. The third-order valence-corrected chi connectivity index (χ3v) is 1.53. The number of carbonyl (C=O) groups is 1. The van der Waals surface area contributed by atoms with E-state index in [1.165, 1.54) is 0 Å². The van der Waals surface area contributed by atoms with Gasteiger partial charge in [-0.25, -0.2) is 4.79 Å². The summed E-state index contributed by atoms with van der Waals surface area (Å²) in [6.07, 6.45) is 1.29. The molecule has 0 saturated carbocycles. The molecule has 0 radical (unpaired) electrons. The van der Waals surface area contributed by atoms with Crippen molar-refractivity contribution in [1.82, 2.24) is 10.2 Å². The number of carboxylic acids is 1. The van der Waals surface area contributed by atoms with Gasteiger partial charge in [0.1, 0.15) is 0 Å². The van der Waals surface area contributed by atoms with Crippen LogP contribution in [0.4, 0.5) is 0 Å². The van der Waals surface area contributed by atoms with Crippen molar-refractivity contribution >= 4 is 5.97 Å². The van der Waals surface area contributed by atoms with Crippen molar-refractivity contribution in [3.63, 3.8) is 0 Å². The van der Waals surface area contributed by atoms with Gasteiger partial charge in [0.25, 0.3) is 0 Å². The maximum Gasteiger partial charge on any atom is 0.393 e. The van der Waals surface area contributed by atoms with Crippen LogP contribution in [-0.2, 0) is 11.2 Å². The second-order valence-electron chi connectivity index (χ2n) is 2.61. The Morgan fingerprint density at radius 1 is 1.57 bits per heavy atom. The number of nitrogens with zero attached hydrogens (tertiary/aromatic N) is 2. The van der Waals surface area contributed by atoms with Gasteiger partial charge >= 0.3 is 11.9 Å². The Bertz CT molecular complexity index is 297. The van der Waals surface area contributed by atoms with E-state index in [9.17, 15) is 4.79 Å². The van der Waals surface area contributed by atoms with Gasteiger partial charge in [-0.15, -0.1) is 10.2 Å². The Morgan fingerprint density at radius 2 is 2.36 bits per heavy atom. The Hall–Kier alpha value is -1.43. The molecule has 1 aromatic rings. The fourth-order valence-electron chi connectivity index (χ4n) is 0.911. The average molecular weight is 200 g/mol. The van der Waals surface area contributed by atoms with Crippen LogP contribution >= 0.6 is 0 Å². The number of aryl methyl sites for hydroxylation is 1. The van der Waals surface area contributed by atoms with Crippen molar-refractivity contribution in [2.75, 3.05) is 13.2 Å². The van der Waals surface area contributed by atoms with E-state index in [-0.39, 0.29) is 5.89 Å². The molecule has 0 aliphatic rings. The quantitative estimate of drug-likeness (QED) is 0.681. The van der Waals surface area contributed by atoms with Crippen molar-refractivity contribution in [1.29, 1.82) is 0 Å². The maximum absolute atomic E-state index is 10.4. The lowest BCUT2D eigenvalue weighted by molar-refractivity contribution is 0.0651. The molecule has 1 heterocycles. The molecule has 0 aliphatic carbocycles. The van der Waals surface area contributed by atoms with Gasteiger partial charge < -0.3 is 14.3 Å². The second kappa shape index (κ2) is 5.33. The number of hydrogen-bond acceptors (Lipinski definition) is 5. The minimum atomic E-state index is -1.20. The zero-order valence-electron chi connectivity index (χ0n) is 7.89. The molecule has 0 saturated heterocycles. The standard InChI is InChI=1S/C8H12N2O4/c1-2-13-5-3-4-6-9-10-7(14-6)8(11)12/h2-5H2,1H3,(H,11,12). The molecule has 6 nitrogen and oxygen atoms in total. The molecule has 0 bridgehead atoms. The van der Waals surface area contributed by atoms with Crippen LogP contribution in [0.3, 0.4) is 0 Å². The molecule has 0 amide bonds. The molecule has 1 rings (SSSR count). The summed E-state index contributed by atoms with van der Waals surface area (Å²) in [4.78, 5) is 10.4. The number of aromatic carboxylic acids is 1. The summed E-state index contributed by atoms with van der Waals surface area (Å²) < 4.78 is 9.95. The van der Waals surface area contributed by atoms with Crippen molar-refractivity contribution < 1.29 is 19.1 Å². The van der Waals surface area contributed by atoms with Crippen molar-refractivity contribution in [2.45, 2.75) is 19.8 Å². The van der Waals surface area contributed by atoms with Gasteiger partial charge in [0, 0.05) is 19.6 Å². The lowest BCUT2D eigenvalue weighted by atomic mass is 10.3. The third-order valence-electron chi connectivity index (χ3n) is 1.53. The SMILES string of the molecule is CCOCCCc1nnc(C(=O)O)o1. The minimum Gasteiger partial charge on any atom is -0.474 e. The van der Waals surface area contributed by atoms with Crippen LogP contribution in [0.2, 0.25) is 0 Å². The second-order valence-corrected chi connectivity index (χ2v) is 2.61. The Labute approximate surface area is 80.9 Å². The first kappa shape index (κ1) is 10.6. The van der Waals surface area contributed by atoms with Crippen LogP contribution in [0.1, 0.15) is 29.9 Å². The summed E-state index contributed by atoms with van der Waals surface area (Å²) in [6.45, 7) is 3.20. The van der Waals surface area contributed by atoms with E-state index in [1.807, 2.05) is 6.92 Å². The summed E-state index contributed by atoms with van der Waals surface area (Å²) in [5.41, 5.74) is 0. The first-order valence-corrected chi connectivity index (χ1v) is 4.37. The highest BCUT2D eigenvalue weighted by Crippen LogP contribution is 2.02.